The van der Waals surface area contributed by atoms with E-state index in [4.69, 9.17) is 0 Å². The van der Waals surface area contributed by atoms with Crippen molar-refractivity contribution < 1.29 is 14.7 Å². The largest absolute Gasteiger partial charge is 0.480 e. The molecule has 0 spiro atoms. The standard InChI is InChI=1S/C35H43N3O3S/c1-22-5-9-24(10-6-22)25-13-15-26(16-14-25)28-20-36-32(37-21-28)27-11-7-23(8-12-27)19-29(34(40)41)38-33(39)30-17-18-31(42-30)35(2,3)4/h7-8,11-12,15,17-18,20-22,24-25,29H,5-6,9-10,13-14,16,19H2,1-4H3,(H,38,39)(H,40,41)/t22-,24-,25?,29-/m0/s1. The van der Waals surface area contributed by atoms with Gasteiger partial charge in [0.1, 0.15) is 6.04 Å². The van der Waals surface area contributed by atoms with Crippen LogP contribution in [0.25, 0.3) is 17.0 Å². The maximum Gasteiger partial charge on any atom is 0.326 e. The number of allylic oxidation sites excluding steroid dienone is 2. The van der Waals surface area contributed by atoms with Crippen molar-refractivity contribution in [2.45, 2.75) is 90.5 Å². The van der Waals surface area contributed by atoms with E-state index in [0.29, 0.717) is 10.7 Å². The van der Waals surface area contributed by atoms with Crippen molar-refractivity contribution in [1.82, 2.24) is 15.3 Å². The third kappa shape index (κ3) is 7.35. The number of aliphatic carboxylic acids is 1. The highest BCUT2D eigenvalue weighted by molar-refractivity contribution is 7.14. The molecule has 0 bridgehead atoms. The number of hydrogen-bond donors (Lipinski definition) is 2. The minimum atomic E-state index is -1.06. The first kappa shape index (κ1) is 30.1. The lowest BCUT2D eigenvalue weighted by Gasteiger charge is -2.34. The molecule has 7 heteroatoms. The number of nitrogens with one attached hydrogen (secondary N) is 1. The number of nitrogens with zero attached hydrogens (tertiary/aromatic N) is 2. The molecule has 2 aliphatic carbocycles. The average molecular weight is 586 g/mol. The second kappa shape index (κ2) is 12.9. The van der Waals surface area contributed by atoms with E-state index in [9.17, 15) is 14.7 Å². The van der Waals surface area contributed by atoms with Gasteiger partial charge in [0, 0.05) is 34.8 Å². The summed E-state index contributed by atoms with van der Waals surface area (Å²) in [7, 11) is 0. The first-order valence-corrected chi connectivity index (χ1v) is 16.1. The number of amides is 1. The first-order chi connectivity index (χ1) is 20.1. The zero-order valence-electron chi connectivity index (χ0n) is 25.2. The van der Waals surface area contributed by atoms with Crippen LogP contribution in [0.2, 0.25) is 0 Å². The van der Waals surface area contributed by atoms with Gasteiger partial charge in [0.15, 0.2) is 5.82 Å². The number of hydrogen-bond acceptors (Lipinski definition) is 5. The van der Waals surface area contributed by atoms with Crippen molar-refractivity contribution in [3.05, 3.63) is 75.7 Å². The molecule has 2 atom stereocenters. The zero-order valence-corrected chi connectivity index (χ0v) is 26.0. The van der Waals surface area contributed by atoms with Gasteiger partial charge in [-0.05, 0) is 78.5 Å². The minimum absolute atomic E-state index is 0.0643. The van der Waals surface area contributed by atoms with E-state index < -0.39 is 12.0 Å². The lowest BCUT2D eigenvalue weighted by Crippen LogP contribution is -2.42. The molecule has 1 amide bonds. The van der Waals surface area contributed by atoms with Gasteiger partial charge in [-0.15, -0.1) is 11.3 Å². The van der Waals surface area contributed by atoms with Gasteiger partial charge in [-0.25, -0.2) is 14.8 Å². The smallest absolute Gasteiger partial charge is 0.326 e. The highest BCUT2D eigenvalue weighted by Crippen LogP contribution is 2.41. The number of thiophene rings is 1. The van der Waals surface area contributed by atoms with Crippen LogP contribution in [0.5, 0.6) is 0 Å². The molecule has 222 valence electrons. The number of carbonyl (C=O) groups is 2. The molecule has 2 aromatic heterocycles. The first-order valence-electron chi connectivity index (χ1n) is 15.3. The van der Waals surface area contributed by atoms with Crippen molar-refractivity contribution in [3.63, 3.8) is 0 Å². The molecule has 2 N–H and O–H groups in total. The number of carboxylic acids is 1. The van der Waals surface area contributed by atoms with E-state index >= 15 is 0 Å². The van der Waals surface area contributed by atoms with Gasteiger partial charge in [-0.3, -0.25) is 4.79 Å². The topological polar surface area (TPSA) is 92.2 Å². The van der Waals surface area contributed by atoms with Crippen molar-refractivity contribution >= 4 is 28.8 Å². The highest BCUT2D eigenvalue weighted by Gasteiger charge is 2.28. The summed E-state index contributed by atoms with van der Waals surface area (Å²) >= 11 is 1.40. The Morgan fingerprint density at radius 3 is 2.21 bits per heavy atom. The lowest BCUT2D eigenvalue weighted by molar-refractivity contribution is -0.139. The van der Waals surface area contributed by atoms with Crippen molar-refractivity contribution in [2.24, 2.45) is 17.8 Å². The van der Waals surface area contributed by atoms with E-state index in [2.05, 4.69) is 49.1 Å². The molecule has 1 aromatic carbocycles. The Bertz CT molecular complexity index is 1410. The molecule has 0 saturated heterocycles. The fourth-order valence-electron chi connectivity index (χ4n) is 6.26. The fraction of sp³-hybridized carbons (Fsp3) is 0.486. The average Bonchev–Trinajstić information content (AvgIpc) is 3.50. The molecule has 1 unspecified atom stereocenters. The van der Waals surface area contributed by atoms with E-state index in [1.54, 1.807) is 6.07 Å². The van der Waals surface area contributed by atoms with Crippen LogP contribution < -0.4 is 5.32 Å². The Morgan fingerprint density at radius 1 is 0.952 bits per heavy atom. The van der Waals surface area contributed by atoms with Gasteiger partial charge in [-0.2, -0.15) is 0 Å². The van der Waals surface area contributed by atoms with Crippen LogP contribution in [-0.4, -0.2) is 33.0 Å². The molecular formula is C35H43N3O3S. The summed E-state index contributed by atoms with van der Waals surface area (Å²) < 4.78 is 0. The van der Waals surface area contributed by atoms with Gasteiger partial charge in [-0.1, -0.05) is 70.9 Å². The second-order valence-electron chi connectivity index (χ2n) is 13.3. The molecule has 0 radical (unpaired) electrons. The van der Waals surface area contributed by atoms with Crippen LogP contribution in [-0.2, 0) is 16.6 Å². The molecule has 0 aliphatic heterocycles. The highest BCUT2D eigenvalue weighted by atomic mass is 32.1. The maximum atomic E-state index is 12.8. The molecule has 2 aliphatic rings. The molecular weight excluding hydrogens is 542 g/mol. The summed E-state index contributed by atoms with van der Waals surface area (Å²) in [6.45, 7) is 8.65. The van der Waals surface area contributed by atoms with E-state index in [0.717, 1.165) is 45.7 Å². The third-order valence-electron chi connectivity index (χ3n) is 9.03. The van der Waals surface area contributed by atoms with Gasteiger partial charge < -0.3 is 10.4 Å². The van der Waals surface area contributed by atoms with Crippen molar-refractivity contribution in [1.29, 1.82) is 0 Å². The van der Waals surface area contributed by atoms with E-state index in [1.165, 1.54) is 55.4 Å². The van der Waals surface area contributed by atoms with Crippen LogP contribution >= 0.6 is 11.3 Å². The summed E-state index contributed by atoms with van der Waals surface area (Å²) in [6, 6.07) is 10.3. The summed E-state index contributed by atoms with van der Waals surface area (Å²) in [4.78, 5) is 35.6. The van der Waals surface area contributed by atoms with E-state index in [1.807, 2.05) is 42.7 Å². The summed E-state index contributed by atoms with van der Waals surface area (Å²) in [5.74, 6) is 1.84. The summed E-state index contributed by atoms with van der Waals surface area (Å²) in [6.07, 6.45) is 15.5. The number of carboxylic acid groups (broad SMARTS) is 1. The Hall–Kier alpha value is -3.32. The second-order valence-corrected chi connectivity index (χ2v) is 14.3. The van der Waals surface area contributed by atoms with Gasteiger partial charge >= 0.3 is 5.97 Å². The van der Waals surface area contributed by atoms with E-state index in [-0.39, 0.29) is 17.7 Å². The lowest BCUT2D eigenvalue weighted by atomic mass is 9.71. The minimum Gasteiger partial charge on any atom is -0.480 e. The van der Waals surface area contributed by atoms with Crippen molar-refractivity contribution in [3.8, 4) is 11.4 Å². The Labute approximate surface area is 253 Å². The Morgan fingerprint density at radius 2 is 1.64 bits per heavy atom. The monoisotopic (exact) mass is 585 g/mol. The number of carbonyl (C=O) groups excluding carboxylic acids is 1. The predicted octanol–water partition coefficient (Wildman–Crippen LogP) is 7.94. The fourth-order valence-corrected chi connectivity index (χ4v) is 7.23. The van der Waals surface area contributed by atoms with Gasteiger partial charge in [0.05, 0.1) is 4.88 Å². The van der Waals surface area contributed by atoms with Crippen molar-refractivity contribution in [2.75, 3.05) is 0 Å². The van der Waals surface area contributed by atoms with Crippen LogP contribution in [0.15, 0.2) is 54.9 Å². The molecule has 3 aromatic rings. The number of aromatic nitrogens is 2. The molecule has 42 heavy (non-hydrogen) atoms. The Balaban J connectivity index is 1.18. The summed E-state index contributed by atoms with van der Waals surface area (Å²) in [5.41, 5.74) is 4.09. The van der Waals surface area contributed by atoms with Gasteiger partial charge in [0.2, 0.25) is 0 Å². The quantitative estimate of drug-likeness (QED) is 0.280. The van der Waals surface area contributed by atoms with Crippen LogP contribution in [0.4, 0.5) is 0 Å². The zero-order chi connectivity index (χ0) is 29.9. The molecule has 1 fully saturated rings. The van der Waals surface area contributed by atoms with Crippen LogP contribution in [0.3, 0.4) is 0 Å². The SMILES string of the molecule is CC(C)(C)c1ccc(C(=O)N[C@@H](Cc2ccc(-c3ncc(C4=CCC([C@H]5CC[C@H](C)CC5)CC4)cn3)cc2)C(=O)O)s1. The molecule has 5 rings (SSSR count). The predicted molar refractivity (Wildman–Crippen MR) is 170 cm³/mol. The summed E-state index contributed by atoms with van der Waals surface area (Å²) in [5, 5.41) is 12.5. The molecule has 1 saturated carbocycles. The van der Waals surface area contributed by atoms with Crippen LogP contribution in [0.1, 0.15) is 98.3 Å². The normalized spacial score (nSPS) is 21.8. The number of rotatable bonds is 8. The van der Waals surface area contributed by atoms with Gasteiger partial charge in [0.25, 0.3) is 5.91 Å². The third-order valence-corrected chi connectivity index (χ3v) is 10.5. The number of benzene rings is 1. The molecule has 2 heterocycles. The van der Waals surface area contributed by atoms with Crippen LogP contribution in [0, 0.1) is 17.8 Å². The molecule has 6 nitrogen and oxygen atoms in total. The Kier molecular flexibility index (Phi) is 9.26. The maximum absolute atomic E-state index is 12.8.